The number of hydrogen-bond donors (Lipinski definition) is 1. The lowest BCUT2D eigenvalue weighted by atomic mass is 9.94. The van der Waals surface area contributed by atoms with Crippen LogP contribution in [-0.4, -0.2) is 39.7 Å². The van der Waals surface area contributed by atoms with Gasteiger partial charge in [0.05, 0.1) is 18.2 Å². The minimum atomic E-state index is -0.879. The number of anilines is 1. The number of amides is 1. The zero-order valence-electron chi connectivity index (χ0n) is 19.6. The zero-order chi connectivity index (χ0) is 24.7. The van der Waals surface area contributed by atoms with E-state index in [0.717, 1.165) is 17.7 Å². The molecule has 1 aromatic heterocycles. The van der Waals surface area contributed by atoms with Crippen LogP contribution in [0.5, 0.6) is 11.5 Å². The molecule has 0 saturated carbocycles. The number of fused-ring (bicyclic) bond motifs is 1. The van der Waals surface area contributed by atoms with Crippen LogP contribution in [0.3, 0.4) is 0 Å². The van der Waals surface area contributed by atoms with E-state index in [9.17, 15) is 14.7 Å². The van der Waals surface area contributed by atoms with Crippen molar-refractivity contribution >= 4 is 33.9 Å². The minimum Gasteiger partial charge on any atom is -0.507 e. The van der Waals surface area contributed by atoms with Gasteiger partial charge in [0.25, 0.3) is 5.78 Å². The second-order valence-corrected chi connectivity index (χ2v) is 9.81. The molecule has 5 rings (SSSR count). The summed E-state index contributed by atoms with van der Waals surface area (Å²) in [6.07, 6.45) is 1.59. The molecule has 1 N–H and O–H groups in total. The first-order chi connectivity index (χ1) is 16.9. The smallest absolute Gasteiger partial charge is 0.301 e. The normalized spacial score (nSPS) is 20.7. The van der Waals surface area contributed by atoms with Crippen molar-refractivity contribution in [2.45, 2.75) is 45.8 Å². The van der Waals surface area contributed by atoms with Gasteiger partial charge in [-0.25, -0.2) is 0 Å². The molecule has 180 valence electrons. The molecule has 1 saturated heterocycles. The molecule has 2 aromatic carbocycles. The number of aliphatic hydroxyl groups is 1. The Morgan fingerprint density at radius 3 is 2.80 bits per heavy atom. The highest BCUT2D eigenvalue weighted by atomic mass is 32.1. The van der Waals surface area contributed by atoms with Gasteiger partial charge in [-0.15, -0.1) is 10.2 Å². The predicted octanol–water partition coefficient (Wildman–Crippen LogP) is 4.59. The maximum absolute atomic E-state index is 13.3. The number of carbonyl (C=O) groups is 2. The second kappa shape index (κ2) is 9.14. The Balaban J connectivity index is 1.66. The van der Waals surface area contributed by atoms with E-state index in [2.05, 4.69) is 10.2 Å². The first-order valence-corrected chi connectivity index (χ1v) is 12.3. The average Bonchev–Trinajstić information content (AvgIpc) is 3.51. The molecule has 1 amide bonds. The summed E-state index contributed by atoms with van der Waals surface area (Å²) >= 11 is 1.21. The van der Waals surface area contributed by atoms with Crippen LogP contribution in [0.4, 0.5) is 5.13 Å². The molecule has 1 fully saturated rings. The summed E-state index contributed by atoms with van der Waals surface area (Å²) in [5, 5.41) is 20.5. The molecule has 0 bridgehead atoms. The quantitative estimate of drug-likeness (QED) is 0.306. The van der Waals surface area contributed by atoms with Gasteiger partial charge < -0.3 is 14.6 Å². The van der Waals surface area contributed by atoms with E-state index in [1.807, 2.05) is 32.0 Å². The molecule has 9 heteroatoms. The first kappa shape index (κ1) is 23.0. The molecule has 2 atom stereocenters. The Bertz CT molecular complexity index is 1350. The number of hydrogen-bond acceptors (Lipinski definition) is 8. The van der Waals surface area contributed by atoms with E-state index in [1.54, 1.807) is 31.2 Å². The fourth-order valence-corrected chi connectivity index (χ4v) is 5.16. The molecule has 3 aromatic rings. The van der Waals surface area contributed by atoms with E-state index in [1.165, 1.54) is 16.2 Å². The minimum absolute atomic E-state index is 0.00223. The number of Topliss-reactive ketones (excluding diaryl/α,β-unsaturated/α-hetero) is 1. The van der Waals surface area contributed by atoms with Crippen molar-refractivity contribution < 1.29 is 24.2 Å². The summed E-state index contributed by atoms with van der Waals surface area (Å²) in [7, 11) is 0. The van der Waals surface area contributed by atoms with Crippen LogP contribution in [-0.2, 0) is 16.0 Å². The van der Waals surface area contributed by atoms with Crippen molar-refractivity contribution in [1.82, 2.24) is 10.2 Å². The fourth-order valence-electron chi connectivity index (χ4n) is 4.45. The topological polar surface area (TPSA) is 102 Å². The zero-order valence-corrected chi connectivity index (χ0v) is 20.5. The van der Waals surface area contributed by atoms with Gasteiger partial charge in [-0.05, 0) is 61.7 Å². The number of aryl methyl sites for hydroxylation is 1. The number of ether oxygens (including phenoxy) is 2. The van der Waals surface area contributed by atoms with Gasteiger partial charge in [-0.2, -0.15) is 0 Å². The highest BCUT2D eigenvalue weighted by Gasteiger charge is 2.48. The van der Waals surface area contributed by atoms with Crippen molar-refractivity contribution in [2.24, 2.45) is 0 Å². The Labute approximate surface area is 206 Å². The monoisotopic (exact) mass is 491 g/mol. The molecule has 0 aliphatic carbocycles. The number of aromatic nitrogens is 2. The number of carbonyl (C=O) groups excluding carboxylic acids is 2. The number of ketones is 1. The summed E-state index contributed by atoms with van der Waals surface area (Å²) in [5.41, 5.74) is 2.03. The molecule has 2 aliphatic rings. The first-order valence-electron chi connectivity index (χ1n) is 11.5. The fraction of sp³-hybridized carbons (Fsp3) is 0.308. The van der Waals surface area contributed by atoms with E-state index in [-0.39, 0.29) is 17.4 Å². The van der Waals surface area contributed by atoms with E-state index < -0.39 is 17.7 Å². The average molecular weight is 492 g/mol. The Hall–Kier alpha value is -3.72. The lowest BCUT2D eigenvalue weighted by molar-refractivity contribution is -0.132. The van der Waals surface area contributed by atoms with Crippen LogP contribution < -0.4 is 14.4 Å². The SMILES string of the molecule is CCCOc1cccc(C2/C(=C(/O)c3ccc4c(c3)CC(C)O4)C(=O)C(=O)N2c2nnc(C)s2)c1. The molecular formula is C26H25N3O5S. The summed E-state index contributed by atoms with van der Waals surface area (Å²) in [6.45, 7) is 6.30. The number of aliphatic hydroxyl groups excluding tert-OH is 1. The van der Waals surface area contributed by atoms with Gasteiger partial charge in [0, 0.05) is 12.0 Å². The number of nitrogens with zero attached hydrogens (tertiary/aromatic N) is 3. The number of rotatable bonds is 6. The predicted molar refractivity (Wildman–Crippen MR) is 132 cm³/mol. The summed E-state index contributed by atoms with van der Waals surface area (Å²) in [5.74, 6) is -0.390. The third kappa shape index (κ3) is 4.16. The lowest BCUT2D eigenvalue weighted by Crippen LogP contribution is -2.29. The largest absolute Gasteiger partial charge is 0.507 e. The summed E-state index contributed by atoms with van der Waals surface area (Å²) < 4.78 is 11.6. The molecule has 2 aliphatic heterocycles. The van der Waals surface area contributed by atoms with Gasteiger partial charge in [0.15, 0.2) is 0 Å². The van der Waals surface area contributed by atoms with Crippen molar-refractivity contribution in [3.05, 3.63) is 69.7 Å². The van der Waals surface area contributed by atoms with E-state index in [4.69, 9.17) is 9.47 Å². The molecule has 0 radical (unpaired) electrons. The van der Waals surface area contributed by atoms with Crippen molar-refractivity contribution in [1.29, 1.82) is 0 Å². The molecule has 8 nitrogen and oxygen atoms in total. The van der Waals surface area contributed by atoms with Crippen molar-refractivity contribution in [3.63, 3.8) is 0 Å². The van der Waals surface area contributed by atoms with Crippen LogP contribution in [0.25, 0.3) is 5.76 Å². The van der Waals surface area contributed by atoms with Crippen LogP contribution in [0.2, 0.25) is 0 Å². The highest BCUT2D eigenvalue weighted by molar-refractivity contribution is 7.15. The maximum Gasteiger partial charge on any atom is 0.301 e. The maximum atomic E-state index is 13.3. The standard InChI is InChI=1S/C26H25N3O5S/c1-4-10-33-19-7-5-6-16(13-19)22-21(24(31)25(32)29(22)26-28-27-15(3)35-26)23(30)17-8-9-20-18(12-17)11-14(2)34-20/h5-9,12-14,22,30H,4,10-11H2,1-3H3/b23-21-. The van der Waals surface area contributed by atoms with Crippen LogP contribution in [0.1, 0.15) is 48.0 Å². The molecule has 3 heterocycles. The Morgan fingerprint density at radius 2 is 2.06 bits per heavy atom. The third-order valence-electron chi connectivity index (χ3n) is 5.98. The molecular weight excluding hydrogens is 466 g/mol. The van der Waals surface area contributed by atoms with Crippen LogP contribution in [0, 0.1) is 6.92 Å². The molecule has 0 spiro atoms. The Kier molecular flexibility index (Phi) is 6.02. The van der Waals surface area contributed by atoms with Gasteiger partial charge >= 0.3 is 5.91 Å². The molecule has 35 heavy (non-hydrogen) atoms. The van der Waals surface area contributed by atoms with Gasteiger partial charge in [0.1, 0.15) is 28.4 Å². The van der Waals surface area contributed by atoms with Gasteiger partial charge in [-0.3, -0.25) is 14.5 Å². The van der Waals surface area contributed by atoms with E-state index in [0.29, 0.717) is 40.0 Å². The van der Waals surface area contributed by atoms with Crippen molar-refractivity contribution in [2.75, 3.05) is 11.5 Å². The number of benzene rings is 2. The second-order valence-electron chi connectivity index (χ2n) is 8.65. The lowest BCUT2D eigenvalue weighted by Gasteiger charge is -2.23. The summed E-state index contributed by atoms with van der Waals surface area (Å²) in [6, 6.07) is 11.6. The van der Waals surface area contributed by atoms with Crippen LogP contribution in [0.15, 0.2) is 48.0 Å². The summed E-state index contributed by atoms with van der Waals surface area (Å²) in [4.78, 5) is 27.9. The van der Waals surface area contributed by atoms with Gasteiger partial charge in [-0.1, -0.05) is 30.4 Å². The van der Waals surface area contributed by atoms with Crippen LogP contribution >= 0.6 is 11.3 Å². The third-order valence-corrected chi connectivity index (χ3v) is 6.82. The highest BCUT2D eigenvalue weighted by Crippen LogP contribution is 2.44. The molecule has 2 unspecified atom stereocenters. The van der Waals surface area contributed by atoms with E-state index >= 15 is 0 Å². The van der Waals surface area contributed by atoms with Gasteiger partial charge in [0.2, 0.25) is 5.13 Å². The Morgan fingerprint density at radius 1 is 1.23 bits per heavy atom. The van der Waals surface area contributed by atoms with Crippen molar-refractivity contribution in [3.8, 4) is 11.5 Å².